The molecule has 0 saturated heterocycles. The predicted molar refractivity (Wildman–Crippen MR) is 167 cm³/mol. The Morgan fingerprint density at radius 1 is 0.500 bits per heavy atom. The van der Waals surface area contributed by atoms with E-state index in [1.165, 1.54) is 39.2 Å². The average molecular weight is 505 g/mol. The SMILES string of the molecule is CC(C)c1cccc(C(C)C)c1N1C=CN(c2c(C(C)C)cccc2C(C)C)C1=C/C=C\c1ccccc1. The van der Waals surface area contributed by atoms with Crippen molar-refractivity contribution < 1.29 is 0 Å². The highest BCUT2D eigenvalue weighted by atomic mass is 15.4. The van der Waals surface area contributed by atoms with Gasteiger partial charge in [-0.1, -0.05) is 134 Å². The van der Waals surface area contributed by atoms with E-state index in [1.807, 2.05) is 0 Å². The highest BCUT2D eigenvalue weighted by Crippen LogP contribution is 2.44. The third kappa shape index (κ3) is 5.65. The fraction of sp³-hybridized carbons (Fsp3) is 0.333. The van der Waals surface area contributed by atoms with Gasteiger partial charge < -0.3 is 9.80 Å². The van der Waals surface area contributed by atoms with E-state index in [0.717, 1.165) is 5.82 Å². The summed E-state index contributed by atoms with van der Waals surface area (Å²) in [6, 6.07) is 24.1. The first-order valence-electron chi connectivity index (χ1n) is 14.2. The second kappa shape index (κ2) is 11.9. The van der Waals surface area contributed by atoms with Crippen LogP contribution in [0, 0.1) is 0 Å². The quantitative estimate of drug-likeness (QED) is 0.301. The van der Waals surface area contributed by atoms with Crippen LogP contribution in [0.2, 0.25) is 0 Å². The van der Waals surface area contributed by atoms with E-state index in [1.54, 1.807) is 0 Å². The maximum atomic E-state index is 2.42. The summed E-state index contributed by atoms with van der Waals surface area (Å²) in [5, 5.41) is 0. The normalized spacial score (nSPS) is 13.8. The zero-order valence-corrected chi connectivity index (χ0v) is 24.4. The molecule has 0 bridgehead atoms. The maximum absolute atomic E-state index is 2.42. The van der Waals surface area contributed by atoms with Crippen LogP contribution in [0.4, 0.5) is 11.4 Å². The minimum atomic E-state index is 0.418. The van der Waals surface area contributed by atoms with Gasteiger partial charge in [0.2, 0.25) is 0 Å². The topological polar surface area (TPSA) is 6.48 Å². The van der Waals surface area contributed by atoms with E-state index in [4.69, 9.17) is 0 Å². The van der Waals surface area contributed by atoms with Gasteiger partial charge in [-0.3, -0.25) is 0 Å². The lowest BCUT2D eigenvalue weighted by atomic mass is 9.91. The van der Waals surface area contributed by atoms with Crippen molar-refractivity contribution in [3.05, 3.63) is 125 Å². The van der Waals surface area contributed by atoms with Crippen LogP contribution in [0.15, 0.2) is 97.1 Å². The van der Waals surface area contributed by atoms with Gasteiger partial charge >= 0.3 is 0 Å². The lowest BCUT2D eigenvalue weighted by Gasteiger charge is -2.33. The summed E-state index contributed by atoms with van der Waals surface area (Å²) in [6.45, 7) is 18.4. The highest BCUT2D eigenvalue weighted by molar-refractivity contribution is 5.77. The van der Waals surface area contributed by atoms with Gasteiger partial charge in [-0.05, 0) is 57.6 Å². The van der Waals surface area contributed by atoms with Crippen molar-refractivity contribution in [3.63, 3.8) is 0 Å². The molecule has 1 heterocycles. The van der Waals surface area contributed by atoms with Crippen LogP contribution in [0.3, 0.4) is 0 Å². The van der Waals surface area contributed by atoms with Crippen molar-refractivity contribution in [2.24, 2.45) is 0 Å². The van der Waals surface area contributed by atoms with Gasteiger partial charge in [0.15, 0.2) is 0 Å². The standard InChI is InChI=1S/C36H44N2/c1-25(2)30-18-13-19-31(26(3)4)35(30)37-23-24-38(34(37)22-12-17-29-15-10-9-11-16-29)36-32(27(5)6)20-14-21-33(36)28(7)8/h9-28H,1-8H3/b17-12-. The number of hydrogen-bond acceptors (Lipinski definition) is 2. The fourth-order valence-corrected chi connectivity index (χ4v) is 5.33. The largest absolute Gasteiger partial charge is 0.301 e. The second-order valence-corrected chi connectivity index (χ2v) is 11.5. The van der Waals surface area contributed by atoms with Crippen molar-refractivity contribution in [3.8, 4) is 0 Å². The first kappa shape index (κ1) is 27.5. The molecule has 1 aliphatic rings. The van der Waals surface area contributed by atoms with Crippen LogP contribution in [0.1, 0.15) is 107 Å². The Morgan fingerprint density at radius 2 is 0.895 bits per heavy atom. The number of hydrogen-bond donors (Lipinski definition) is 0. The van der Waals surface area contributed by atoms with Gasteiger partial charge in [-0.15, -0.1) is 0 Å². The summed E-state index contributed by atoms with van der Waals surface area (Å²) < 4.78 is 0. The number of nitrogens with zero attached hydrogens (tertiary/aromatic N) is 2. The van der Waals surface area contributed by atoms with Gasteiger partial charge in [0, 0.05) is 12.4 Å². The van der Waals surface area contributed by atoms with E-state index in [0.29, 0.717) is 23.7 Å². The predicted octanol–water partition coefficient (Wildman–Crippen LogP) is 10.5. The molecule has 0 fully saturated rings. The summed E-state index contributed by atoms with van der Waals surface area (Å²) in [5.74, 6) is 2.83. The van der Waals surface area contributed by atoms with Gasteiger partial charge in [0.1, 0.15) is 5.82 Å². The molecule has 0 spiro atoms. The Balaban J connectivity index is 1.94. The molecule has 0 aromatic heterocycles. The number of anilines is 2. The monoisotopic (exact) mass is 504 g/mol. The van der Waals surface area contributed by atoms with Gasteiger partial charge in [0.05, 0.1) is 11.4 Å². The smallest absolute Gasteiger partial charge is 0.121 e. The molecule has 3 aromatic rings. The highest BCUT2D eigenvalue weighted by Gasteiger charge is 2.30. The average Bonchev–Trinajstić information content (AvgIpc) is 3.31. The molecule has 3 aromatic carbocycles. The first-order chi connectivity index (χ1) is 18.2. The zero-order chi connectivity index (χ0) is 27.4. The molecule has 2 nitrogen and oxygen atoms in total. The minimum absolute atomic E-state index is 0.418. The van der Waals surface area contributed by atoms with Crippen LogP contribution in [0.5, 0.6) is 0 Å². The zero-order valence-electron chi connectivity index (χ0n) is 24.4. The van der Waals surface area contributed by atoms with Crippen LogP contribution in [-0.4, -0.2) is 0 Å². The third-order valence-corrected chi connectivity index (χ3v) is 7.36. The molecular formula is C36H44N2. The first-order valence-corrected chi connectivity index (χ1v) is 14.2. The Hall–Kier alpha value is -3.52. The van der Waals surface area contributed by atoms with Crippen molar-refractivity contribution in [2.75, 3.05) is 9.80 Å². The minimum Gasteiger partial charge on any atom is -0.301 e. The van der Waals surface area contributed by atoms with Crippen molar-refractivity contribution in [1.82, 2.24) is 0 Å². The molecular weight excluding hydrogens is 460 g/mol. The van der Waals surface area contributed by atoms with E-state index >= 15 is 0 Å². The van der Waals surface area contributed by atoms with Crippen molar-refractivity contribution >= 4 is 17.5 Å². The van der Waals surface area contributed by atoms with Crippen LogP contribution in [-0.2, 0) is 0 Å². The number of benzene rings is 3. The molecule has 0 saturated carbocycles. The third-order valence-electron chi connectivity index (χ3n) is 7.36. The molecule has 0 radical (unpaired) electrons. The van der Waals surface area contributed by atoms with Crippen LogP contribution in [0.25, 0.3) is 6.08 Å². The van der Waals surface area contributed by atoms with Crippen LogP contribution < -0.4 is 9.80 Å². The van der Waals surface area contributed by atoms with Gasteiger partial charge in [-0.2, -0.15) is 0 Å². The molecule has 0 N–H and O–H groups in total. The molecule has 0 unspecified atom stereocenters. The number of allylic oxidation sites excluding steroid dienone is 2. The molecule has 0 amide bonds. The van der Waals surface area contributed by atoms with Gasteiger partial charge in [-0.25, -0.2) is 0 Å². The summed E-state index contributed by atoms with van der Waals surface area (Å²) in [6.07, 6.45) is 11.2. The van der Waals surface area contributed by atoms with E-state index in [-0.39, 0.29) is 0 Å². The van der Waals surface area contributed by atoms with E-state index in [9.17, 15) is 0 Å². The van der Waals surface area contributed by atoms with Crippen molar-refractivity contribution in [2.45, 2.75) is 79.1 Å². The van der Waals surface area contributed by atoms with Gasteiger partial charge in [0.25, 0.3) is 0 Å². The Bertz CT molecular complexity index is 1190. The van der Waals surface area contributed by atoms with Crippen LogP contribution >= 0.6 is 0 Å². The Kier molecular flexibility index (Phi) is 8.62. The van der Waals surface area contributed by atoms with E-state index < -0.39 is 0 Å². The molecule has 0 atom stereocenters. The molecule has 4 rings (SSSR count). The maximum Gasteiger partial charge on any atom is 0.121 e. The van der Waals surface area contributed by atoms with E-state index in [2.05, 4.69) is 163 Å². The lowest BCUT2D eigenvalue weighted by molar-refractivity contribution is 0.820. The lowest BCUT2D eigenvalue weighted by Crippen LogP contribution is -2.26. The molecule has 38 heavy (non-hydrogen) atoms. The fourth-order valence-electron chi connectivity index (χ4n) is 5.33. The summed E-state index contributed by atoms with van der Waals surface area (Å²) in [5.41, 5.74) is 9.32. The Morgan fingerprint density at radius 3 is 1.26 bits per heavy atom. The second-order valence-electron chi connectivity index (χ2n) is 11.5. The molecule has 198 valence electrons. The molecule has 0 aliphatic carbocycles. The molecule has 2 heteroatoms. The number of para-hydroxylation sites is 2. The summed E-state index contributed by atoms with van der Waals surface area (Å²) in [4.78, 5) is 4.84. The summed E-state index contributed by atoms with van der Waals surface area (Å²) in [7, 11) is 0. The number of rotatable bonds is 8. The van der Waals surface area contributed by atoms with Crippen molar-refractivity contribution in [1.29, 1.82) is 0 Å². The molecule has 1 aliphatic heterocycles. The Labute approximate surface area is 231 Å². The summed E-state index contributed by atoms with van der Waals surface area (Å²) >= 11 is 0.